The number of carbonyl (C=O) groups is 2. The molecule has 2 amide bonds. The Labute approximate surface area is 214 Å². The summed E-state index contributed by atoms with van der Waals surface area (Å²) in [5, 5.41) is 15.1. The number of nitrogens with one attached hydrogen (secondary N) is 2. The Morgan fingerprint density at radius 2 is 1.89 bits per heavy atom. The number of thioether (sulfide) groups is 1. The van der Waals surface area contributed by atoms with Crippen molar-refractivity contribution in [1.29, 1.82) is 0 Å². The van der Waals surface area contributed by atoms with Crippen molar-refractivity contribution in [3.63, 3.8) is 0 Å². The minimum absolute atomic E-state index is 0.0915. The highest BCUT2D eigenvalue weighted by atomic mass is 35.5. The smallest absolute Gasteiger partial charge is 0.258 e. The van der Waals surface area contributed by atoms with Crippen LogP contribution >= 0.6 is 23.4 Å². The number of amides is 2. The summed E-state index contributed by atoms with van der Waals surface area (Å²) in [7, 11) is 1.79. The number of halogens is 1. The van der Waals surface area contributed by atoms with E-state index in [1.165, 1.54) is 11.8 Å². The molecule has 186 valence electrons. The molecule has 3 aromatic rings. The predicted molar refractivity (Wildman–Crippen MR) is 139 cm³/mol. The van der Waals surface area contributed by atoms with E-state index in [2.05, 4.69) is 34.7 Å². The van der Waals surface area contributed by atoms with Crippen molar-refractivity contribution in [2.45, 2.75) is 45.3 Å². The molecule has 0 bridgehead atoms. The number of hydrogen-bond donors (Lipinski definition) is 2. The fourth-order valence-electron chi connectivity index (χ4n) is 3.29. The molecule has 35 heavy (non-hydrogen) atoms. The molecule has 2 aromatic carbocycles. The molecule has 0 unspecified atom stereocenters. The third-order valence-corrected chi connectivity index (χ3v) is 6.58. The van der Waals surface area contributed by atoms with Crippen molar-refractivity contribution in [3.05, 3.63) is 63.9 Å². The number of benzene rings is 2. The topological polar surface area (TPSA) is 98.1 Å². The molecule has 1 aromatic heterocycles. The summed E-state index contributed by atoms with van der Waals surface area (Å²) in [5.74, 6) is 1.32. The minimum atomic E-state index is -0.255. The summed E-state index contributed by atoms with van der Waals surface area (Å²) in [6.07, 6.45) is 0. The lowest BCUT2D eigenvalue weighted by Gasteiger charge is -2.14. The number of aromatic nitrogens is 3. The quantitative estimate of drug-likeness (QED) is 0.382. The molecule has 3 rings (SSSR count). The van der Waals surface area contributed by atoms with Gasteiger partial charge in [0.05, 0.1) is 12.3 Å². The van der Waals surface area contributed by atoms with Crippen LogP contribution in [-0.4, -0.2) is 38.9 Å². The third-order valence-electron chi connectivity index (χ3n) is 5.32. The van der Waals surface area contributed by atoms with Crippen molar-refractivity contribution in [3.8, 4) is 5.75 Å². The Hall–Kier alpha value is -3.04. The van der Waals surface area contributed by atoms with Gasteiger partial charge in [-0.2, -0.15) is 0 Å². The molecule has 0 aliphatic heterocycles. The molecule has 10 heteroatoms. The van der Waals surface area contributed by atoms with Gasteiger partial charge in [-0.15, -0.1) is 10.2 Å². The fraction of sp³-hybridized carbons (Fsp3) is 0.360. The van der Waals surface area contributed by atoms with Gasteiger partial charge in [-0.25, -0.2) is 0 Å². The van der Waals surface area contributed by atoms with Crippen LogP contribution in [0.25, 0.3) is 0 Å². The van der Waals surface area contributed by atoms with E-state index in [1.54, 1.807) is 23.7 Å². The number of rotatable bonds is 10. The molecule has 0 aliphatic carbocycles. The highest BCUT2D eigenvalue weighted by Gasteiger charge is 2.14. The van der Waals surface area contributed by atoms with E-state index in [1.807, 2.05) is 38.1 Å². The van der Waals surface area contributed by atoms with Gasteiger partial charge in [0.1, 0.15) is 5.75 Å². The van der Waals surface area contributed by atoms with Gasteiger partial charge < -0.3 is 19.9 Å². The first-order valence-corrected chi connectivity index (χ1v) is 12.6. The van der Waals surface area contributed by atoms with Crippen molar-refractivity contribution in [2.24, 2.45) is 7.05 Å². The Morgan fingerprint density at radius 1 is 1.11 bits per heavy atom. The molecule has 0 saturated heterocycles. The molecule has 2 N–H and O–H groups in total. The lowest BCUT2D eigenvalue weighted by Crippen LogP contribution is -2.29. The average Bonchev–Trinajstić information content (AvgIpc) is 3.16. The van der Waals surface area contributed by atoms with Gasteiger partial charge in [-0.3, -0.25) is 9.59 Å². The van der Waals surface area contributed by atoms with Crippen LogP contribution in [0, 0.1) is 13.8 Å². The summed E-state index contributed by atoms with van der Waals surface area (Å²) >= 11 is 7.27. The highest BCUT2D eigenvalue weighted by Crippen LogP contribution is 2.27. The van der Waals surface area contributed by atoms with Crippen molar-refractivity contribution in [2.75, 3.05) is 17.7 Å². The number of carbonyl (C=O) groups excluding carboxylic acids is 2. The van der Waals surface area contributed by atoms with E-state index in [9.17, 15) is 9.59 Å². The van der Waals surface area contributed by atoms with E-state index in [0.717, 1.165) is 22.4 Å². The van der Waals surface area contributed by atoms with Crippen LogP contribution in [0.4, 0.5) is 5.69 Å². The van der Waals surface area contributed by atoms with Gasteiger partial charge in [0.25, 0.3) is 5.91 Å². The minimum Gasteiger partial charge on any atom is -0.483 e. The zero-order chi connectivity index (χ0) is 25.5. The molecular formula is C25H30ClN5O3S. The second kappa shape index (κ2) is 12.1. The molecule has 0 fully saturated rings. The number of anilines is 1. The largest absolute Gasteiger partial charge is 0.483 e. The van der Waals surface area contributed by atoms with Crippen molar-refractivity contribution < 1.29 is 14.3 Å². The summed E-state index contributed by atoms with van der Waals surface area (Å²) in [6.45, 7) is 8.17. The summed E-state index contributed by atoms with van der Waals surface area (Å²) < 4.78 is 7.53. The van der Waals surface area contributed by atoms with Gasteiger partial charge >= 0.3 is 0 Å². The number of aryl methyl sites for hydroxylation is 2. The summed E-state index contributed by atoms with van der Waals surface area (Å²) in [6, 6.07) is 11.4. The van der Waals surface area contributed by atoms with Gasteiger partial charge in [0, 0.05) is 17.8 Å². The first kappa shape index (κ1) is 26.6. The van der Waals surface area contributed by atoms with Crippen molar-refractivity contribution in [1.82, 2.24) is 20.1 Å². The Balaban J connectivity index is 1.48. The van der Waals surface area contributed by atoms with E-state index < -0.39 is 0 Å². The maximum Gasteiger partial charge on any atom is 0.258 e. The molecule has 8 nitrogen and oxygen atoms in total. The van der Waals surface area contributed by atoms with Crippen LogP contribution in [0.5, 0.6) is 5.75 Å². The maximum atomic E-state index is 12.4. The summed E-state index contributed by atoms with van der Waals surface area (Å²) in [5.41, 5.74) is 3.74. The first-order chi connectivity index (χ1) is 16.6. The van der Waals surface area contributed by atoms with Crippen LogP contribution in [-0.2, 0) is 23.2 Å². The average molecular weight is 516 g/mol. The van der Waals surface area contributed by atoms with E-state index >= 15 is 0 Å². The van der Waals surface area contributed by atoms with E-state index in [0.29, 0.717) is 27.6 Å². The molecule has 0 aliphatic rings. The van der Waals surface area contributed by atoms with Crippen LogP contribution in [0.1, 0.15) is 42.3 Å². The van der Waals surface area contributed by atoms with Gasteiger partial charge in [-0.1, -0.05) is 55.4 Å². The third kappa shape index (κ3) is 7.47. The zero-order valence-electron chi connectivity index (χ0n) is 20.5. The normalized spacial score (nSPS) is 10.9. The Bertz CT molecular complexity index is 1210. The molecule has 0 radical (unpaired) electrons. The van der Waals surface area contributed by atoms with Crippen LogP contribution in [0.2, 0.25) is 5.02 Å². The second-order valence-corrected chi connectivity index (χ2v) is 9.89. The molecule has 0 saturated carbocycles. The molecule has 0 atom stereocenters. The number of nitrogens with zero attached hydrogens (tertiary/aromatic N) is 3. The second-order valence-electron chi connectivity index (χ2n) is 8.52. The maximum absolute atomic E-state index is 12.4. The Kier molecular flexibility index (Phi) is 9.17. The van der Waals surface area contributed by atoms with Crippen molar-refractivity contribution >= 4 is 40.9 Å². The van der Waals surface area contributed by atoms with Gasteiger partial charge in [0.2, 0.25) is 5.91 Å². The standard InChI is InChI=1S/C25H30ClN5O3S/c1-15(2)19-9-6-16(3)10-21(19)34-13-23(32)27-12-22-29-30-25(31(22)5)35-14-24(33)28-20-11-18(26)8-7-17(20)4/h6-11,15H,12-14H2,1-5H3,(H,27,32)(H,28,33). The lowest BCUT2D eigenvalue weighted by atomic mass is 10.0. The molecule has 0 spiro atoms. The van der Waals surface area contributed by atoms with E-state index in [-0.39, 0.29) is 30.7 Å². The Morgan fingerprint density at radius 3 is 2.63 bits per heavy atom. The first-order valence-electron chi connectivity index (χ1n) is 11.2. The molecular weight excluding hydrogens is 486 g/mol. The van der Waals surface area contributed by atoms with Crippen LogP contribution < -0.4 is 15.4 Å². The molecule has 1 heterocycles. The zero-order valence-corrected chi connectivity index (χ0v) is 22.1. The number of ether oxygens (including phenoxy) is 1. The summed E-state index contributed by atoms with van der Waals surface area (Å²) in [4.78, 5) is 24.7. The van der Waals surface area contributed by atoms with Gasteiger partial charge in [0.15, 0.2) is 17.6 Å². The lowest BCUT2D eigenvalue weighted by molar-refractivity contribution is -0.123. The van der Waals surface area contributed by atoms with E-state index in [4.69, 9.17) is 16.3 Å². The van der Waals surface area contributed by atoms with Gasteiger partial charge in [-0.05, 0) is 54.7 Å². The predicted octanol–water partition coefficient (Wildman–Crippen LogP) is 4.63. The number of hydrogen-bond acceptors (Lipinski definition) is 6. The monoisotopic (exact) mass is 515 g/mol. The highest BCUT2D eigenvalue weighted by molar-refractivity contribution is 7.99. The SMILES string of the molecule is Cc1ccc(C(C)C)c(OCC(=O)NCc2nnc(SCC(=O)Nc3cc(Cl)ccc3C)n2C)c1. The fourth-order valence-corrected chi connectivity index (χ4v) is 4.19. The van der Waals surface area contributed by atoms with Crippen LogP contribution in [0.3, 0.4) is 0 Å². The van der Waals surface area contributed by atoms with Crippen LogP contribution in [0.15, 0.2) is 41.6 Å².